The summed E-state index contributed by atoms with van der Waals surface area (Å²) in [6, 6.07) is 20.5. The molecule has 3 rings (SSSR count). The molecule has 0 heterocycles. The summed E-state index contributed by atoms with van der Waals surface area (Å²) >= 11 is 0. The Balaban J connectivity index is 2.06. The van der Waals surface area contributed by atoms with Crippen LogP contribution < -0.4 is 14.4 Å². The summed E-state index contributed by atoms with van der Waals surface area (Å²) in [5.74, 6) is -0.852. The average Bonchev–Trinajstić information content (AvgIpc) is 2.92. The maximum Gasteiger partial charge on any atom is 0.244 e. The van der Waals surface area contributed by atoms with E-state index < -0.39 is 34.3 Å². The van der Waals surface area contributed by atoms with E-state index in [-0.39, 0.29) is 30.5 Å². The standard InChI is InChI=1S/C30H36FN3O5S/c1-22(2)19-32-30(36)28(17-23-10-6-5-7-11-23)33(20-24-12-8-15-27(16-24)39-3)29(35)21-34(40(4,37)38)26-14-9-13-25(31)18-26/h5-16,18,22,28H,17,19-21H2,1-4H3,(H,32,36). The number of carbonyl (C=O) groups excluding carboxylic acids is 2. The highest BCUT2D eigenvalue weighted by Crippen LogP contribution is 2.22. The minimum atomic E-state index is -3.97. The van der Waals surface area contributed by atoms with Crippen LogP contribution in [0.2, 0.25) is 0 Å². The fourth-order valence-corrected chi connectivity index (χ4v) is 5.03. The molecule has 0 bridgehead atoms. The van der Waals surface area contributed by atoms with Gasteiger partial charge in [-0.3, -0.25) is 13.9 Å². The molecule has 214 valence electrons. The Labute approximate surface area is 235 Å². The second-order valence-corrected chi connectivity index (χ2v) is 11.9. The number of hydrogen-bond donors (Lipinski definition) is 1. The SMILES string of the molecule is COc1cccc(CN(C(=O)CN(c2cccc(F)c2)S(C)(=O)=O)C(Cc2ccccc2)C(=O)NCC(C)C)c1. The topological polar surface area (TPSA) is 96.0 Å². The number of carbonyl (C=O) groups is 2. The number of nitrogens with zero attached hydrogens (tertiary/aromatic N) is 2. The Morgan fingerprint density at radius 1 is 0.950 bits per heavy atom. The first kappa shape index (κ1) is 30.6. The molecule has 0 saturated carbocycles. The number of anilines is 1. The van der Waals surface area contributed by atoms with Gasteiger partial charge in [-0.2, -0.15) is 0 Å². The predicted molar refractivity (Wildman–Crippen MR) is 154 cm³/mol. The molecular formula is C30H36FN3O5S. The lowest BCUT2D eigenvalue weighted by Crippen LogP contribution is -2.53. The van der Waals surface area contributed by atoms with E-state index in [0.717, 1.165) is 22.2 Å². The lowest BCUT2D eigenvalue weighted by molar-refractivity contribution is -0.140. The Kier molecular flexibility index (Phi) is 10.7. The van der Waals surface area contributed by atoms with Gasteiger partial charge in [0.05, 0.1) is 19.1 Å². The van der Waals surface area contributed by atoms with Crippen LogP contribution in [0.5, 0.6) is 5.75 Å². The lowest BCUT2D eigenvalue weighted by Gasteiger charge is -2.33. The van der Waals surface area contributed by atoms with E-state index in [2.05, 4.69) is 5.32 Å². The molecule has 0 aromatic heterocycles. The quantitative estimate of drug-likeness (QED) is 0.336. The molecule has 0 aliphatic heterocycles. The molecule has 0 radical (unpaired) electrons. The van der Waals surface area contributed by atoms with Crippen molar-refractivity contribution in [3.05, 3.63) is 95.8 Å². The van der Waals surface area contributed by atoms with E-state index in [9.17, 15) is 22.4 Å². The number of rotatable bonds is 13. The van der Waals surface area contributed by atoms with Crippen molar-refractivity contribution in [3.8, 4) is 5.75 Å². The normalized spacial score (nSPS) is 12.1. The zero-order valence-electron chi connectivity index (χ0n) is 23.2. The molecule has 0 spiro atoms. The minimum absolute atomic E-state index is 0.0149. The first-order valence-electron chi connectivity index (χ1n) is 12.9. The van der Waals surface area contributed by atoms with Crippen molar-refractivity contribution >= 4 is 27.5 Å². The summed E-state index contributed by atoms with van der Waals surface area (Å²) in [6.45, 7) is 3.74. The Morgan fingerprint density at radius 3 is 2.25 bits per heavy atom. The summed E-state index contributed by atoms with van der Waals surface area (Å²) < 4.78 is 45.7. The summed E-state index contributed by atoms with van der Waals surface area (Å²) in [6.07, 6.45) is 1.16. The van der Waals surface area contributed by atoms with Crippen LogP contribution in [-0.4, -0.2) is 57.6 Å². The summed E-state index contributed by atoms with van der Waals surface area (Å²) in [5.41, 5.74) is 1.54. The summed E-state index contributed by atoms with van der Waals surface area (Å²) in [7, 11) is -2.44. The fraction of sp³-hybridized carbons (Fsp3) is 0.333. The Bertz CT molecular complexity index is 1400. The van der Waals surface area contributed by atoms with E-state index in [1.807, 2.05) is 44.2 Å². The summed E-state index contributed by atoms with van der Waals surface area (Å²) in [5, 5.41) is 2.93. The maximum absolute atomic E-state index is 14.0. The van der Waals surface area contributed by atoms with Crippen molar-refractivity contribution in [2.75, 3.05) is 30.8 Å². The zero-order chi connectivity index (χ0) is 29.3. The second-order valence-electron chi connectivity index (χ2n) is 9.97. The fourth-order valence-electron chi connectivity index (χ4n) is 4.19. The average molecular weight is 570 g/mol. The van der Waals surface area contributed by atoms with Crippen LogP contribution in [0.4, 0.5) is 10.1 Å². The van der Waals surface area contributed by atoms with Gasteiger partial charge in [-0.25, -0.2) is 12.8 Å². The molecule has 1 N–H and O–H groups in total. The van der Waals surface area contributed by atoms with Crippen LogP contribution in [0.25, 0.3) is 0 Å². The number of halogens is 1. The van der Waals surface area contributed by atoms with Crippen molar-refractivity contribution in [3.63, 3.8) is 0 Å². The first-order valence-corrected chi connectivity index (χ1v) is 14.8. The molecule has 3 aromatic carbocycles. The molecule has 3 aromatic rings. The van der Waals surface area contributed by atoms with Crippen molar-refractivity contribution in [1.29, 1.82) is 0 Å². The summed E-state index contributed by atoms with van der Waals surface area (Å²) in [4.78, 5) is 29.0. The van der Waals surface area contributed by atoms with Gasteiger partial charge in [0.15, 0.2) is 0 Å². The smallest absolute Gasteiger partial charge is 0.244 e. The van der Waals surface area contributed by atoms with Crippen molar-refractivity contribution in [1.82, 2.24) is 10.2 Å². The minimum Gasteiger partial charge on any atom is -0.497 e. The highest BCUT2D eigenvalue weighted by molar-refractivity contribution is 7.92. The molecule has 10 heteroatoms. The molecule has 8 nitrogen and oxygen atoms in total. The van der Waals surface area contributed by atoms with Crippen LogP contribution in [-0.2, 0) is 32.6 Å². The van der Waals surface area contributed by atoms with Crippen LogP contribution in [0, 0.1) is 11.7 Å². The van der Waals surface area contributed by atoms with Crippen LogP contribution >= 0.6 is 0 Å². The third kappa shape index (κ3) is 8.81. The van der Waals surface area contributed by atoms with E-state index in [0.29, 0.717) is 17.9 Å². The third-order valence-electron chi connectivity index (χ3n) is 6.22. The number of ether oxygens (including phenoxy) is 1. The largest absolute Gasteiger partial charge is 0.497 e. The second kappa shape index (κ2) is 13.9. The van der Waals surface area contributed by atoms with Crippen LogP contribution in [0.3, 0.4) is 0 Å². The number of amides is 2. The molecule has 0 saturated heterocycles. The van der Waals surface area contributed by atoms with E-state index in [1.54, 1.807) is 24.3 Å². The van der Waals surface area contributed by atoms with Gasteiger partial charge in [0, 0.05) is 19.5 Å². The van der Waals surface area contributed by atoms with Gasteiger partial charge in [-0.05, 0) is 47.4 Å². The van der Waals surface area contributed by atoms with Crippen molar-refractivity contribution in [2.24, 2.45) is 5.92 Å². The van der Waals surface area contributed by atoms with Crippen molar-refractivity contribution in [2.45, 2.75) is 32.9 Å². The first-order chi connectivity index (χ1) is 19.0. The molecule has 0 aliphatic carbocycles. The van der Waals surface area contributed by atoms with Crippen LogP contribution in [0.15, 0.2) is 78.9 Å². The van der Waals surface area contributed by atoms with Gasteiger partial charge >= 0.3 is 0 Å². The maximum atomic E-state index is 14.0. The Morgan fingerprint density at radius 2 is 1.62 bits per heavy atom. The lowest BCUT2D eigenvalue weighted by atomic mass is 10.0. The Hall–Kier alpha value is -3.92. The van der Waals surface area contributed by atoms with Gasteiger partial charge in [-0.15, -0.1) is 0 Å². The number of methoxy groups -OCH3 is 1. The molecule has 1 atom stereocenters. The van der Waals surface area contributed by atoms with E-state index in [1.165, 1.54) is 30.2 Å². The highest BCUT2D eigenvalue weighted by Gasteiger charge is 2.33. The molecule has 0 aliphatic rings. The monoisotopic (exact) mass is 569 g/mol. The predicted octanol–water partition coefficient (Wildman–Crippen LogP) is 4.01. The van der Waals surface area contributed by atoms with E-state index >= 15 is 0 Å². The van der Waals surface area contributed by atoms with Gasteiger partial charge < -0.3 is 15.0 Å². The molecule has 40 heavy (non-hydrogen) atoms. The van der Waals surface area contributed by atoms with E-state index in [4.69, 9.17) is 4.74 Å². The van der Waals surface area contributed by atoms with Gasteiger partial charge in [0.1, 0.15) is 24.2 Å². The molecule has 0 fully saturated rings. The molecular weight excluding hydrogens is 533 g/mol. The number of sulfonamides is 1. The van der Waals surface area contributed by atoms with Gasteiger partial charge in [-0.1, -0.05) is 62.4 Å². The zero-order valence-corrected chi connectivity index (χ0v) is 24.0. The van der Waals surface area contributed by atoms with Gasteiger partial charge in [0.2, 0.25) is 21.8 Å². The molecule has 1 unspecified atom stereocenters. The molecule has 2 amide bonds. The highest BCUT2D eigenvalue weighted by atomic mass is 32.2. The van der Waals surface area contributed by atoms with Crippen LogP contribution in [0.1, 0.15) is 25.0 Å². The van der Waals surface area contributed by atoms with Crippen molar-refractivity contribution < 1.29 is 27.1 Å². The number of hydrogen-bond acceptors (Lipinski definition) is 5. The number of nitrogens with one attached hydrogen (secondary N) is 1. The van der Waals surface area contributed by atoms with Gasteiger partial charge in [0.25, 0.3) is 0 Å². The number of benzene rings is 3. The third-order valence-corrected chi connectivity index (χ3v) is 7.36.